The predicted octanol–water partition coefficient (Wildman–Crippen LogP) is 6.68. The number of carbonyl (C=O) groups is 1. The first-order valence-corrected chi connectivity index (χ1v) is 13.3. The Morgan fingerprint density at radius 3 is 2.69 bits per heavy atom. The average molecular weight is 488 g/mol. The van der Waals surface area contributed by atoms with Crippen molar-refractivity contribution in [3.05, 3.63) is 64.9 Å². The number of aromatic nitrogens is 2. The lowest BCUT2D eigenvalue weighted by Crippen LogP contribution is -2.33. The number of benzene rings is 2. The number of rotatable bonds is 7. The van der Waals surface area contributed by atoms with Crippen LogP contribution in [0.3, 0.4) is 0 Å². The monoisotopic (exact) mass is 487 g/mol. The van der Waals surface area contributed by atoms with Gasteiger partial charge in [0.25, 0.3) is 0 Å². The molecular formula is C28H29N3O3S. The maximum Gasteiger partial charge on any atom is 0.335 e. The summed E-state index contributed by atoms with van der Waals surface area (Å²) in [4.78, 5) is 18.4. The second-order valence-corrected chi connectivity index (χ2v) is 10.9. The number of anilines is 1. The largest absolute Gasteiger partial charge is 0.478 e. The summed E-state index contributed by atoms with van der Waals surface area (Å²) in [5.74, 6) is 1.45. The van der Waals surface area contributed by atoms with Crippen LogP contribution >= 0.6 is 11.3 Å². The number of aromatic carboxylic acids is 1. The van der Waals surface area contributed by atoms with E-state index in [0.29, 0.717) is 17.4 Å². The second kappa shape index (κ2) is 9.11. The molecule has 2 aromatic heterocycles. The van der Waals surface area contributed by atoms with Crippen LogP contribution in [-0.4, -0.2) is 34.3 Å². The fourth-order valence-corrected chi connectivity index (χ4v) is 6.28. The van der Waals surface area contributed by atoms with Crippen molar-refractivity contribution in [3.8, 4) is 11.3 Å². The van der Waals surface area contributed by atoms with Crippen LogP contribution in [-0.2, 0) is 6.42 Å². The van der Waals surface area contributed by atoms with Gasteiger partial charge < -0.3 is 14.5 Å². The van der Waals surface area contributed by atoms with Crippen molar-refractivity contribution in [2.75, 3.05) is 18.0 Å². The van der Waals surface area contributed by atoms with Gasteiger partial charge in [0, 0.05) is 30.1 Å². The molecular weight excluding hydrogens is 458 g/mol. The quantitative estimate of drug-likeness (QED) is 0.313. The van der Waals surface area contributed by atoms with Gasteiger partial charge in [-0.3, -0.25) is 0 Å². The minimum Gasteiger partial charge on any atom is -0.478 e. The first kappa shape index (κ1) is 22.3. The molecule has 1 saturated carbocycles. The van der Waals surface area contributed by atoms with E-state index < -0.39 is 5.97 Å². The first-order chi connectivity index (χ1) is 17.1. The second-order valence-electron chi connectivity index (χ2n) is 9.92. The lowest BCUT2D eigenvalue weighted by atomic mass is 9.89. The molecule has 2 aliphatic rings. The van der Waals surface area contributed by atoms with E-state index in [1.165, 1.54) is 29.5 Å². The Balaban J connectivity index is 1.13. The summed E-state index contributed by atoms with van der Waals surface area (Å²) >= 11 is 1.59. The van der Waals surface area contributed by atoms with Crippen LogP contribution in [0, 0.1) is 12.8 Å². The lowest BCUT2D eigenvalue weighted by Gasteiger charge is -2.31. The van der Waals surface area contributed by atoms with Crippen molar-refractivity contribution in [1.82, 2.24) is 10.1 Å². The van der Waals surface area contributed by atoms with Gasteiger partial charge >= 0.3 is 5.97 Å². The maximum atomic E-state index is 11.3. The Morgan fingerprint density at radius 2 is 1.94 bits per heavy atom. The summed E-state index contributed by atoms with van der Waals surface area (Å²) in [6.07, 6.45) is 6.87. The highest BCUT2D eigenvalue weighted by Gasteiger charge is 2.33. The average Bonchev–Trinajstić information content (AvgIpc) is 3.48. The van der Waals surface area contributed by atoms with E-state index in [-0.39, 0.29) is 0 Å². The number of thiazole rings is 1. The Morgan fingerprint density at radius 1 is 1.14 bits per heavy atom. The number of carboxylic acids is 1. The van der Waals surface area contributed by atoms with Gasteiger partial charge in [0.2, 0.25) is 0 Å². The van der Waals surface area contributed by atoms with Crippen LogP contribution < -0.4 is 4.90 Å². The molecule has 1 N–H and O–H groups in total. The van der Waals surface area contributed by atoms with Gasteiger partial charge in [-0.25, -0.2) is 9.78 Å². The topological polar surface area (TPSA) is 79.5 Å². The van der Waals surface area contributed by atoms with E-state index in [2.05, 4.69) is 41.2 Å². The molecule has 0 unspecified atom stereocenters. The molecule has 6 rings (SSSR count). The fourth-order valence-electron chi connectivity index (χ4n) is 5.22. The van der Waals surface area contributed by atoms with Crippen molar-refractivity contribution in [2.24, 2.45) is 5.92 Å². The molecule has 1 saturated heterocycles. The van der Waals surface area contributed by atoms with Crippen molar-refractivity contribution in [2.45, 2.75) is 51.4 Å². The molecule has 180 valence electrons. The summed E-state index contributed by atoms with van der Waals surface area (Å²) in [7, 11) is 0. The maximum absolute atomic E-state index is 11.3. The summed E-state index contributed by atoms with van der Waals surface area (Å²) in [5.41, 5.74) is 5.98. The number of hydrogen-bond donors (Lipinski definition) is 1. The molecule has 35 heavy (non-hydrogen) atoms. The van der Waals surface area contributed by atoms with E-state index >= 15 is 0 Å². The highest BCUT2D eigenvalue weighted by Crippen LogP contribution is 2.45. The highest BCUT2D eigenvalue weighted by atomic mass is 32.1. The minimum absolute atomic E-state index is 0.316. The molecule has 2 aromatic carbocycles. The molecule has 0 amide bonds. The Hall–Kier alpha value is -3.19. The van der Waals surface area contributed by atoms with Gasteiger partial charge in [0.1, 0.15) is 11.5 Å². The normalized spacial score (nSPS) is 16.8. The zero-order chi connectivity index (χ0) is 23.9. The van der Waals surface area contributed by atoms with E-state index in [1.54, 1.807) is 23.5 Å². The molecule has 0 bridgehead atoms. The molecule has 0 spiro atoms. The summed E-state index contributed by atoms with van der Waals surface area (Å²) < 4.78 is 6.83. The lowest BCUT2D eigenvalue weighted by molar-refractivity contribution is 0.0697. The zero-order valence-corrected chi connectivity index (χ0v) is 20.7. The van der Waals surface area contributed by atoms with Crippen molar-refractivity contribution in [3.63, 3.8) is 0 Å². The van der Waals surface area contributed by atoms with Crippen molar-refractivity contribution >= 4 is 32.7 Å². The van der Waals surface area contributed by atoms with E-state index in [1.807, 2.05) is 6.07 Å². The molecule has 1 aliphatic heterocycles. The highest BCUT2D eigenvalue weighted by molar-refractivity contribution is 7.22. The molecule has 0 radical (unpaired) electrons. The standard InChI is InChI=1S/C28H29N3O3S/c1-17-4-2-3-5-21(17)25-22(26(34-30-25)19-7-8-19)10-6-18-12-14-31(15-13-18)28-29-23-11-9-20(27(32)33)16-24(23)35-28/h2-5,9,11,16,18-19H,6-8,10,12-15H2,1H3,(H,32,33). The van der Waals surface area contributed by atoms with Crippen LogP contribution in [0.4, 0.5) is 5.13 Å². The number of hydrogen-bond acceptors (Lipinski definition) is 6. The Labute approximate surface area is 208 Å². The summed E-state index contributed by atoms with van der Waals surface area (Å²) in [6.45, 7) is 4.12. The molecule has 1 aliphatic carbocycles. The van der Waals surface area contributed by atoms with Gasteiger partial charge in [0.15, 0.2) is 5.13 Å². The van der Waals surface area contributed by atoms with E-state index in [9.17, 15) is 9.90 Å². The molecule has 3 heterocycles. The SMILES string of the molecule is Cc1ccccc1-c1noc(C2CC2)c1CCC1CCN(c2nc3ccc(C(=O)O)cc3s2)CC1. The number of aryl methyl sites for hydroxylation is 1. The van der Waals surface area contributed by atoms with E-state index in [4.69, 9.17) is 9.51 Å². The molecule has 7 heteroatoms. The summed E-state index contributed by atoms with van der Waals surface area (Å²) in [5, 5.41) is 14.8. The third kappa shape index (κ3) is 4.45. The summed E-state index contributed by atoms with van der Waals surface area (Å²) in [6, 6.07) is 13.6. The van der Waals surface area contributed by atoms with Gasteiger partial charge in [-0.2, -0.15) is 0 Å². The van der Waals surface area contributed by atoms with Crippen LogP contribution in [0.25, 0.3) is 21.5 Å². The molecule has 4 aromatic rings. The van der Waals surface area contributed by atoms with Crippen LogP contribution in [0.15, 0.2) is 47.0 Å². The van der Waals surface area contributed by atoms with Crippen molar-refractivity contribution in [1.29, 1.82) is 0 Å². The Kier molecular flexibility index (Phi) is 5.80. The fraction of sp³-hybridized carbons (Fsp3) is 0.393. The third-order valence-corrected chi connectivity index (χ3v) is 8.56. The minimum atomic E-state index is -0.897. The number of piperidine rings is 1. The van der Waals surface area contributed by atoms with Crippen LogP contribution in [0.1, 0.15) is 65.3 Å². The van der Waals surface area contributed by atoms with Crippen LogP contribution in [0.2, 0.25) is 0 Å². The van der Waals surface area contributed by atoms with Gasteiger partial charge in [-0.15, -0.1) is 0 Å². The van der Waals surface area contributed by atoms with Gasteiger partial charge in [-0.05, 0) is 75.1 Å². The predicted molar refractivity (Wildman–Crippen MR) is 138 cm³/mol. The van der Waals surface area contributed by atoms with Gasteiger partial charge in [0.05, 0.1) is 15.8 Å². The molecule has 6 nitrogen and oxygen atoms in total. The number of fused-ring (bicyclic) bond motifs is 1. The van der Waals surface area contributed by atoms with Crippen molar-refractivity contribution < 1.29 is 14.4 Å². The van der Waals surface area contributed by atoms with E-state index in [0.717, 1.165) is 65.6 Å². The number of nitrogens with zero attached hydrogens (tertiary/aromatic N) is 3. The zero-order valence-electron chi connectivity index (χ0n) is 19.9. The molecule has 0 atom stereocenters. The first-order valence-electron chi connectivity index (χ1n) is 12.5. The van der Waals surface area contributed by atoms with Gasteiger partial charge in [-0.1, -0.05) is 40.8 Å². The Bertz CT molecular complexity index is 1380. The van der Waals surface area contributed by atoms with Crippen LogP contribution in [0.5, 0.6) is 0 Å². The third-order valence-electron chi connectivity index (χ3n) is 7.48. The number of carboxylic acid groups (broad SMARTS) is 1. The molecule has 2 fully saturated rings. The smallest absolute Gasteiger partial charge is 0.335 e.